The minimum absolute atomic E-state index is 0.0838. The van der Waals surface area contributed by atoms with Crippen LogP contribution in [0.4, 0.5) is 0 Å². The van der Waals surface area contributed by atoms with Gasteiger partial charge in [0, 0.05) is 24.4 Å². The van der Waals surface area contributed by atoms with Crippen LogP contribution in [0.3, 0.4) is 0 Å². The average Bonchev–Trinajstić information content (AvgIpc) is 3.05. The summed E-state index contributed by atoms with van der Waals surface area (Å²) in [5.41, 5.74) is 0.348. The maximum atomic E-state index is 12.6. The first-order valence-electron chi connectivity index (χ1n) is 9.87. The van der Waals surface area contributed by atoms with Crippen molar-refractivity contribution in [3.8, 4) is 0 Å². The second-order valence-electron chi connectivity index (χ2n) is 7.53. The van der Waals surface area contributed by atoms with Crippen LogP contribution in [0.25, 0.3) is 0 Å². The third kappa shape index (κ3) is 5.52. The van der Waals surface area contributed by atoms with E-state index in [-0.39, 0.29) is 17.9 Å². The van der Waals surface area contributed by atoms with E-state index in [9.17, 15) is 14.7 Å². The predicted molar refractivity (Wildman–Crippen MR) is 103 cm³/mol. The number of aromatic nitrogens is 1. The molecular weight excluding hydrogens is 358 g/mol. The molecule has 1 aromatic heterocycles. The van der Waals surface area contributed by atoms with Crippen LogP contribution < -0.4 is 0 Å². The first-order chi connectivity index (χ1) is 13.5. The van der Waals surface area contributed by atoms with Gasteiger partial charge in [0.2, 0.25) is 0 Å². The molecule has 2 heterocycles. The van der Waals surface area contributed by atoms with Gasteiger partial charge in [-0.25, -0.2) is 9.59 Å². The first-order valence-corrected chi connectivity index (χ1v) is 9.87. The number of fused-ring (bicyclic) bond motifs is 1. The number of allylic oxidation sites excluding steroid dienone is 2. The van der Waals surface area contributed by atoms with Gasteiger partial charge < -0.3 is 14.6 Å². The number of esters is 2. The number of hydrogen-bond donors (Lipinski definition) is 1. The van der Waals surface area contributed by atoms with Crippen molar-refractivity contribution in [2.75, 3.05) is 0 Å². The summed E-state index contributed by atoms with van der Waals surface area (Å²) in [7, 11) is 0. The zero-order valence-electron chi connectivity index (χ0n) is 16.1. The van der Waals surface area contributed by atoms with Crippen LogP contribution in [0.5, 0.6) is 0 Å². The Morgan fingerprint density at radius 1 is 1.32 bits per heavy atom. The standard InChI is InChI=1S/C22H27NO5/c1-15-6-3-2-4-7-16-12-18(24)13-19(16)20(9-10-21(25)27-15)28-22(26)17-8-5-11-23-14-17/h4-5,7-11,14-16,18-20,24H,2-3,6,12-13H2,1H3/b7-4+,10-9?/t15-,16+,18-,19+,20+/m0/s1. The van der Waals surface area contributed by atoms with Gasteiger partial charge in [0.05, 0.1) is 17.8 Å². The largest absolute Gasteiger partial charge is 0.460 e. The third-order valence-electron chi connectivity index (χ3n) is 5.30. The van der Waals surface area contributed by atoms with E-state index in [2.05, 4.69) is 17.1 Å². The van der Waals surface area contributed by atoms with Crippen molar-refractivity contribution in [3.05, 3.63) is 54.4 Å². The Hall–Kier alpha value is -2.47. The fraction of sp³-hybridized carbons (Fsp3) is 0.500. The summed E-state index contributed by atoms with van der Waals surface area (Å²) >= 11 is 0. The van der Waals surface area contributed by atoms with E-state index in [0.717, 1.165) is 19.3 Å². The lowest BCUT2D eigenvalue weighted by Gasteiger charge is -2.24. The minimum Gasteiger partial charge on any atom is -0.460 e. The Balaban J connectivity index is 1.84. The molecule has 6 nitrogen and oxygen atoms in total. The number of aliphatic hydroxyl groups is 1. The third-order valence-corrected chi connectivity index (χ3v) is 5.30. The molecule has 1 aliphatic carbocycles. The molecule has 1 aliphatic heterocycles. The molecule has 0 aromatic carbocycles. The van der Waals surface area contributed by atoms with Crippen molar-refractivity contribution in [3.63, 3.8) is 0 Å². The molecule has 6 heteroatoms. The summed E-state index contributed by atoms with van der Waals surface area (Å²) in [6.07, 6.45) is 12.7. The molecule has 0 bridgehead atoms. The van der Waals surface area contributed by atoms with Gasteiger partial charge in [-0.15, -0.1) is 0 Å². The fourth-order valence-corrected chi connectivity index (χ4v) is 3.88. The lowest BCUT2D eigenvalue weighted by Crippen LogP contribution is -2.28. The van der Waals surface area contributed by atoms with Crippen LogP contribution in [0.1, 0.15) is 49.4 Å². The molecule has 28 heavy (non-hydrogen) atoms. The number of nitrogens with zero attached hydrogens (tertiary/aromatic N) is 1. The molecular formula is C22H27NO5. The number of hydrogen-bond acceptors (Lipinski definition) is 6. The number of cyclic esters (lactones) is 1. The van der Waals surface area contributed by atoms with Gasteiger partial charge in [-0.1, -0.05) is 12.2 Å². The van der Waals surface area contributed by atoms with E-state index in [1.54, 1.807) is 24.4 Å². The van der Waals surface area contributed by atoms with E-state index in [4.69, 9.17) is 9.47 Å². The molecule has 1 N–H and O–H groups in total. The van der Waals surface area contributed by atoms with Gasteiger partial charge in [0.1, 0.15) is 6.10 Å². The van der Waals surface area contributed by atoms with Crippen molar-refractivity contribution in [2.45, 2.75) is 57.3 Å². The van der Waals surface area contributed by atoms with E-state index in [1.807, 2.05) is 6.92 Å². The fourth-order valence-electron chi connectivity index (χ4n) is 3.88. The Morgan fingerprint density at radius 2 is 2.18 bits per heavy atom. The highest BCUT2D eigenvalue weighted by molar-refractivity contribution is 5.89. The molecule has 0 unspecified atom stereocenters. The van der Waals surface area contributed by atoms with Gasteiger partial charge in [-0.05, 0) is 63.2 Å². The molecule has 3 rings (SSSR count). The lowest BCUT2D eigenvalue weighted by molar-refractivity contribution is -0.142. The SMILES string of the molecule is C[C@H]1CCC/C=C/[C@@H]2C[C@H](O)C[C@H]2[C@H](OC(=O)c2cccnc2)C=CC(=O)O1. The highest BCUT2D eigenvalue weighted by Crippen LogP contribution is 2.37. The molecule has 150 valence electrons. The second-order valence-corrected chi connectivity index (χ2v) is 7.53. The summed E-state index contributed by atoms with van der Waals surface area (Å²) in [5, 5.41) is 10.2. The average molecular weight is 385 g/mol. The van der Waals surface area contributed by atoms with Crippen LogP contribution in [-0.2, 0) is 14.3 Å². The van der Waals surface area contributed by atoms with Crippen LogP contribution >= 0.6 is 0 Å². The van der Waals surface area contributed by atoms with E-state index >= 15 is 0 Å². The molecule has 0 amide bonds. The number of carbonyl (C=O) groups excluding carboxylic acids is 2. The highest BCUT2D eigenvalue weighted by Gasteiger charge is 2.38. The quantitative estimate of drug-likeness (QED) is 0.621. The van der Waals surface area contributed by atoms with Crippen molar-refractivity contribution < 1.29 is 24.2 Å². The van der Waals surface area contributed by atoms with E-state index in [0.29, 0.717) is 18.4 Å². The smallest absolute Gasteiger partial charge is 0.340 e. The predicted octanol–water partition coefficient (Wildman–Crippen LogP) is 3.22. The Bertz CT molecular complexity index is 730. The van der Waals surface area contributed by atoms with Crippen molar-refractivity contribution in [1.29, 1.82) is 0 Å². The summed E-state index contributed by atoms with van der Waals surface area (Å²) in [5.74, 6) is -0.968. The first kappa shape index (κ1) is 20.3. The summed E-state index contributed by atoms with van der Waals surface area (Å²) in [6, 6.07) is 3.30. The van der Waals surface area contributed by atoms with Gasteiger partial charge in [0.15, 0.2) is 0 Å². The minimum atomic E-state index is -0.636. The number of pyridine rings is 1. The lowest BCUT2D eigenvalue weighted by atomic mass is 9.89. The number of carbonyl (C=O) groups is 2. The molecule has 2 aliphatic rings. The molecule has 5 atom stereocenters. The van der Waals surface area contributed by atoms with Gasteiger partial charge in [0.25, 0.3) is 0 Å². The number of rotatable bonds is 2. The summed E-state index contributed by atoms with van der Waals surface area (Å²) in [4.78, 5) is 28.6. The van der Waals surface area contributed by atoms with Crippen LogP contribution in [0.2, 0.25) is 0 Å². The maximum Gasteiger partial charge on any atom is 0.340 e. The monoisotopic (exact) mass is 385 g/mol. The van der Waals surface area contributed by atoms with Crippen LogP contribution in [0.15, 0.2) is 48.8 Å². The van der Waals surface area contributed by atoms with Gasteiger partial charge in [-0.3, -0.25) is 4.98 Å². The molecule has 1 saturated carbocycles. The maximum absolute atomic E-state index is 12.6. The van der Waals surface area contributed by atoms with Crippen molar-refractivity contribution >= 4 is 11.9 Å². The Morgan fingerprint density at radius 3 is 2.96 bits per heavy atom. The molecule has 0 saturated heterocycles. The Labute approximate surface area is 165 Å². The summed E-state index contributed by atoms with van der Waals surface area (Å²) in [6.45, 7) is 1.88. The number of ether oxygens (including phenoxy) is 2. The molecule has 0 radical (unpaired) electrons. The number of aliphatic hydroxyl groups excluding tert-OH is 1. The normalized spacial score (nSPS) is 32.2. The second kappa shape index (κ2) is 9.64. The van der Waals surface area contributed by atoms with Gasteiger partial charge in [-0.2, -0.15) is 0 Å². The molecule has 0 spiro atoms. The highest BCUT2D eigenvalue weighted by atomic mass is 16.5. The zero-order valence-corrected chi connectivity index (χ0v) is 16.1. The van der Waals surface area contributed by atoms with E-state index in [1.165, 1.54) is 12.3 Å². The molecule has 1 aromatic rings. The van der Waals surface area contributed by atoms with Crippen molar-refractivity contribution in [2.24, 2.45) is 11.8 Å². The van der Waals surface area contributed by atoms with E-state index < -0.39 is 24.1 Å². The van der Waals surface area contributed by atoms with Crippen molar-refractivity contribution in [1.82, 2.24) is 4.98 Å². The topological polar surface area (TPSA) is 85.7 Å². The Kier molecular flexibility index (Phi) is 6.98. The van der Waals surface area contributed by atoms with Gasteiger partial charge >= 0.3 is 11.9 Å². The van der Waals surface area contributed by atoms with Crippen LogP contribution in [-0.4, -0.2) is 40.3 Å². The zero-order chi connectivity index (χ0) is 19.9. The molecule has 1 fully saturated rings. The van der Waals surface area contributed by atoms with Crippen LogP contribution in [0, 0.1) is 11.8 Å². The summed E-state index contributed by atoms with van der Waals surface area (Å²) < 4.78 is 11.1.